The molecule has 0 bridgehead atoms. The standard InChI is InChI=1S/C24H29N7O3/c1-24(2,3)34-22(32)28-18-10-7-11-30(14-18)21-19-20(27-15-26-19)29(4)23(33)31(21)13-17-9-6-5-8-16(17)12-25/h5-6,8-9,15,18H,7,10-11,13-14H2,1-4H3,(H,28,32)/t18-/m1/s1. The molecule has 1 saturated heterocycles. The molecule has 178 valence electrons. The van der Waals surface area contributed by atoms with Gasteiger partial charge in [-0.05, 0) is 45.2 Å². The number of nitriles is 1. The lowest BCUT2D eigenvalue weighted by Gasteiger charge is -2.37. The number of imidazole rings is 1. The third-order valence-electron chi connectivity index (χ3n) is 5.79. The Balaban J connectivity index is 1.72. The SMILES string of the molecule is Cn1c2ncnc-2c(N2CCC[C@@H](NC(=O)OC(C)(C)C)C2)n(Cc2ccccc2C#N)c1=O. The number of amides is 1. The van der Waals surface area contributed by atoms with Crippen LogP contribution in [0.1, 0.15) is 44.7 Å². The van der Waals surface area contributed by atoms with Crippen molar-refractivity contribution in [1.29, 1.82) is 5.26 Å². The van der Waals surface area contributed by atoms with Crippen LogP contribution in [0.15, 0.2) is 35.4 Å². The Kier molecular flexibility index (Phi) is 6.28. The van der Waals surface area contributed by atoms with E-state index in [0.29, 0.717) is 36.0 Å². The predicted octanol–water partition coefficient (Wildman–Crippen LogP) is 2.50. The predicted molar refractivity (Wildman–Crippen MR) is 127 cm³/mol. The number of fused-ring (bicyclic) bond motifs is 1. The Morgan fingerprint density at radius 2 is 2.06 bits per heavy atom. The van der Waals surface area contributed by atoms with Crippen molar-refractivity contribution in [3.8, 4) is 17.6 Å². The number of carbonyl (C=O) groups excluding carboxylic acids is 1. The Labute approximate surface area is 198 Å². The van der Waals surface area contributed by atoms with E-state index in [1.165, 1.54) is 10.9 Å². The molecule has 10 nitrogen and oxygen atoms in total. The second-order valence-corrected chi connectivity index (χ2v) is 9.50. The molecule has 3 aliphatic heterocycles. The zero-order valence-electron chi connectivity index (χ0n) is 19.9. The van der Waals surface area contributed by atoms with Gasteiger partial charge in [-0.3, -0.25) is 9.13 Å². The van der Waals surface area contributed by atoms with E-state index in [4.69, 9.17) is 4.74 Å². The van der Waals surface area contributed by atoms with Gasteiger partial charge in [-0.15, -0.1) is 0 Å². The Morgan fingerprint density at radius 3 is 2.79 bits per heavy atom. The third kappa shape index (κ3) is 4.73. The van der Waals surface area contributed by atoms with E-state index in [-0.39, 0.29) is 18.3 Å². The summed E-state index contributed by atoms with van der Waals surface area (Å²) in [6.07, 6.45) is 2.60. The van der Waals surface area contributed by atoms with Crippen LogP contribution in [0.25, 0.3) is 11.5 Å². The number of aromatic nitrogens is 4. The summed E-state index contributed by atoms with van der Waals surface area (Å²) in [5, 5.41) is 12.5. The van der Waals surface area contributed by atoms with Gasteiger partial charge in [0.1, 0.15) is 23.4 Å². The summed E-state index contributed by atoms with van der Waals surface area (Å²) in [4.78, 5) is 36.6. The van der Waals surface area contributed by atoms with Crippen molar-refractivity contribution in [2.24, 2.45) is 7.05 Å². The maximum absolute atomic E-state index is 13.4. The van der Waals surface area contributed by atoms with E-state index >= 15 is 0 Å². The maximum Gasteiger partial charge on any atom is 0.407 e. The molecular formula is C24H29N7O3. The highest BCUT2D eigenvalue weighted by atomic mass is 16.6. The highest BCUT2D eigenvalue weighted by molar-refractivity contribution is 5.70. The molecule has 0 saturated carbocycles. The summed E-state index contributed by atoms with van der Waals surface area (Å²) in [6.45, 7) is 6.88. The van der Waals surface area contributed by atoms with Gasteiger partial charge in [-0.1, -0.05) is 18.2 Å². The average Bonchev–Trinajstić information content (AvgIpc) is 3.26. The van der Waals surface area contributed by atoms with Gasteiger partial charge in [-0.2, -0.15) is 5.26 Å². The van der Waals surface area contributed by atoms with E-state index in [9.17, 15) is 14.9 Å². The Morgan fingerprint density at radius 1 is 1.29 bits per heavy atom. The highest BCUT2D eigenvalue weighted by Gasteiger charge is 2.31. The summed E-state index contributed by atoms with van der Waals surface area (Å²) in [5.74, 6) is 1.13. The summed E-state index contributed by atoms with van der Waals surface area (Å²) < 4.78 is 8.54. The zero-order valence-corrected chi connectivity index (χ0v) is 19.9. The molecule has 0 aliphatic carbocycles. The van der Waals surface area contributed by atoms with E-state index in [1.54, 1.807) is 23.7 Å². The molecule has 0 radical (unpaired) electrons. The number of rotatable bonds is 4. The van der Waals surface area contributed by atoms with Gasteiger partial charge < -0.3 is 15.0 Å². The fraction of sp³-hybridized carbons (Fsp3) is 0.458. The lowest BCUT2D eigenvalue weighted by molar-refractivity contribution is 0.0500. The van der Waals surface area contributed by atoms with Gasteiger partial charge in [-0.25, -0.2) is 19.6 Å². The second kappa shape index (κ2) is 9.17. The molecule has 1 aromatic rings. The number of hydrogen-bond donors (Lipinski definition) is 1. The van der Waals surface area contributed by atoms with Crippen molar-refractivity contribution >= 4 is 11.9 Å². The monoisotopic (exact) mass is 463 g/mol. The van der Waals surface area contributed by atoms with Crippen LogP contribution in [0.3, 0.4) is 0 Å². The van der Waals surface area contributed by atoms with Crippen molar-refractivity contribution in [2.45, 2.75) is 51.8 Å². The molecule has 4 rings (SSSR count). The molecule has 1 aromatic carbocycles. The van der Waals surface area contributed by atoms with Crippen LogP contribution in [0.4, 0.5) is 10.6 Å². The first-order valence-electron chi connectivity index (χ1n) is 11.3. The van der Waals surface area contributed by atoms with Crippen LogP contribution in [0.2, 0.25) is 0 Å². The third-order valence-corrected chi connectivity index (χ3v) is 5.79. The number of hydrogen-bond acceptors (Lipinski definition) is 7. The second-order valence-electron chi connectivity index (χ2n) is 9.50. The minimum atomic E-state index is -0.585. The topological polar surface area (TPSA) is 118 Å². The summed E-state index contributed by atoms with van der Waals surface area (Å²) >= 11 is 0. The smallest absolute Gasteiger partial charge is 0.407 e. The zero-order chi connectivity index (χ0) is 24.5. The minimum Gasteiger partial charge on any atom is -0.444 e. The Hall–Kier alpha value is -3.87. The van der Waals surface area contributed by atoms with Crippen LogP contribution < -0.4 is 15.9 Å². The van der Waals surface area contributed by atoms with Crippen molar-refractivity contribution in [1.82, 2.24) is 24.4 Å². The molecule has 1 N–H and O–H groups in total. The first kappa shape index (κ1) is 23.3. The van der Waals surface area contributed by atoms with Gasteiger partial charge in [0, 0.05) is 26.2 Å². The lowest BCUT2D eigenvalue weighted by Crippen LogP contribution is -2.50. The van der Waals surface area contributed by atoms with Crippen molar-refractivity contribution < 1.29 is 9.53 Å². The first-order valence-corrected chi connectivity index (χ1v) is 11.3. The quantitative estimate of drug-likeness (QED) is 0.631. The molecule has 3 aliphatic rings. The molecule has 10 heteroatoms. The number of carbonyl (C=O) groups is 1. The van der Waals surface area contributed by atoms with Gasteiger partial charge in [0.2, 0.25) is 0 Å². The number of nitrogens with one attached hydrogen (secondary N) is 1. The first-order chi connectivity index (χ1) is 16.2. The molecule has 0 aromatic heterocycles. The molecule has 1 amide bonds. The summed E-state index contributed by atoms with van der Waals surface area (Å²) in [7, 11) is 1.67. The lowest BCUT2D eigenvalue weighted by atomic mass is 10.1. The van der Waals surface area contributed by atoms with E-state index in [2.05, 4.69) is 26.3 Å². The van der Waals surface area contributed by atoms with E-state index in [1.807, 2.05) is 32.9 Å². The molecule has 0 spiro atoms. The van der Waals surface area contributed by atoms with Gasteiger partial charge >= 0.3 is 11.8 Å². The summed E-state index contributed by atoms with van der Waals surface area (Å²) in [6, 6.07) is 9.29. The number of alkyl carbamates (subject to hydrolysis) is 1. The summed E-state index contributed by atoms with van der Waals surface area (Å²) in [5.41, 5.74) is 1.03. The van der Waals surface area contributed by atoms with Crippen molar-refractivity contribution in [3.63, 3.8) is 0 Å². The fourth-order valence-corrected chi connectivity index (χ4v) is 4.32. The molecule has 0 unspecified atom stereocenters. The van der Waals surface area contributed by atoms with Gasteiger partial charge in [0.05, 0.1) is 18.2 Å². The van der Waals surface area contributed by atoms with Gasteiger partial charge in [0.25, 0.3) is 0 Å². The number of nitrogens with zero attached hydrogens (tertiary/aromatic N) is 6. The number of ether oxygens (including phenoxy) is 1. The van der Waals surface area contributed by atoms with Crippen LogP contribution in [0.5, 0.6) is 0 Å². The van der Waals surface area contributed by atoms with Crippen molar-refractivity contribution in [3.05, 3.63) is 52.2 Å². The average molecular weight is 464 g/mol. The van der Waals surface area contributed by atoms with Crippen LogP contribution in [-0.2, 0) is 18.3 Å². The molecule has 1 fully saturated rings. The Bertz CT molecular complexity index is 1260. The maximum atomic E-state index is 13.4. The number of anilines is 1. The highest BCUT2D eigenvalue weighted by Crippen LogP contribution is 2.30. The molecular weight excluding hydrogens is 434 g/mol. The molecule has 1 atom stereocenters. The largest absolute Gasteiger partial charge is 0.444 e. The fourth-order valence-electron chi connectivity index (χ4n) is 4.32. The molecule has 3 heterocycles. The normalized spacial score (nSPS) is 16.3. The van der Waals surface area contributed by atoms with Crippen LogP contribution >= 0.6 is 0 Å². The van der Waals surface area contributed by atoms with Crippen LogP contribution in [-0.4, -0.2) is 49.9 Å². The van der Waals surface area contributed by atoms with Gasteiger partial charge in [0.15, 0.2) is 5.82 Å². The number of benzene rings is 1. The van der Waals surface area contributed by atoms with E-state index < -0.39 is 11.7 Å². The number of piperidine rings is 1. The van der Waals surface area contributed by atoms with Crippen molar-refractivity contribution in [2.75, 3.05) is 18.0 Å². The van der Waals surface area contributed by atoms with Crippen LogP contribution in [0, 0.1) is 11.3 Å². The molecule has 34 heavy (non-hydrogen) atoms. The van der Waals surface area contributed by atoms with E-state index in [0.717, 1.165) is 18.4 Å². The minimum absolute atomic E-state index is 0.148.